The summed E-state index contributed by atoms with van der Waals surface area (Å²) in [5.74, 6) is -2.48. The number of para-hydroxylation sites is 2. The second-order valence-corrected chi connectivity index (χ2v) is 9.41. The van der Waals surface area contributed by atoms with Crippen LogP contribution in [0.5, 0.6) is 0 Å². The molecule has 0 unspecified atom stereocenters. The minimum Gasteiger partial charge on any atom is -0.478 e. The third-order valence-electron chi connectivity index (χ3n) is 6.96. The van der Waals surface area contributed by atoms with Crippen molar-refractivity contribution >= 4 is 51.7 Å². The van der Waals surface area contributed by atoms with E-state index in [2.05, 4.69) is 20.5 Å². The van der Waals surface area contributed by atoms with Gasteiger partial charge in [0.1, 0.15) is 0 Å². The van der Waals surface area contributed by atoms with Crippen LogP contribution in [0.2, 0.25) is 0 Å². The summed E-state index contributed by atoms with van der Waals surface area (Å²) in [6.45, 7) is 8.29. The van der Waals surface area contributed by atoms with Gasteiger partial charge >= 0.3 is 12.0 Å². The number of anilines is 2. The van der Waals surface area contributed by atoms with Crippen LogP contribution < -0.4 is 10.6 Å². The van der Waals surface area contributed by atoms with Crippen LogP contribution in [-0.4, -0.2) is 51.8 Å². The molecule has 0 spiro atoms. The van der Waals surface area contributed by atoms with Gasteiger partial charge in [-0.25, -0.2) is 14.4 Å². The van der Waals surface area contributed by atoms with Gasteiger partial charge in [-0.3, -0.25) is 9.59 Å². The number of Topliss-reactive ketones (excluding diaryl/α,β-unsaturated/α-hetero) is 1. The van der Waals surface area contributed by atoms with Crippen LogP contribution in [0.15, 0.2) is 84.6 Å². The van der Waals surface area contributed by atoms with Crippen LogP contribution >= 0.6 is 0 Å². The van der Waals surface area contributed by atoms with Gasteiger partial charge in [-0.2, -0.15) is 0 Å². The first kappa shape index (κ1) is 26.9. The molecule has 1 aliphatic heterocycles. The van der Waals surface area contributed by atoms with Crippen molar-refractivity contribution in [2.24, 2.45) is 0 Å². The second-order valence-electron chi connectivity index (χ2n) is 9.41. The largest absolute Gasteiger partial charge is 0.478 e. The summed E-state index contributed by atoms with van der Waals surface area (Å²) in [6, 6.07) is 19.7. The van der Waals surface area contributed by atoms with Crippen molar-refractivity contribution in [1.29, 1.82) is 0 Å². The number of carbonyl (C=O) groups is 4. The lowest BCUT2D eigenvalue weighted by molar-refractivity contribution is -0.126. The maximum absolute atomic E-state index is 13.3. The van der Waals surface area contributed by atoms with Gasteiger partial charge in [-0.15, -0.1) is 0 Å². The molecule has 2 heterocycles. The summed E-state index contributed by atoms with van der Waals surface area (Å²) >= 11 is 0. The van der Waals surface area contributed by atoms with Crippen molar-refractivity contribution in [3.8, 4) is 0 Å². The summed E-state index contributed by atoms with van der Waals surface area (Å²) in [7, 11) is 0. The zero-order chi connectivity index (χ0) is 28.9. The van der Waals surface area contributed by atoms with E-state index in [9.17, 15) is 24.3 Å². The highest BCUT2D eigenvalue weighted by atomic mass is 16.4. The fourth-order valence-electron chi connectivity index (χ4n) is 4.92. The van der Waals surface area contributed by atoms with Crippen LogP contribution in [0, 0.1) is 6.57 Å². The Morgan fingerprint density at radius 2 is 1.49 bits per heavy atom. The average molecular weight is 548 g/mol. The lowest BCUT2D eigenvalue weighted by atomic mass is 9.97. The fraction of sp³-hybridized carbons (Fsp3) is 0.129. The molecule has 4 aromatic rings. The predicted molar refractivity (Wildman–Crippen MR) is 154 cm³/mol. The molecule has 204 valence electrons. The normalized spacial score (nSPS) is 12.9. The van der Waals surface area contributed by atoms with Gasteiger partial charge < -0.3 is 25.6 Å². The Bertz CT molecular complexity index is 1740. The van der Waals surface area contributed by atoms with Gasteiger partial charge in [0.2, 0.25) is 0 Å². The first-order valence-electron chi connectivity index (χ1n) is 12.9. The smallest absolute Gasteiger partial charge is 0.337 e. The molecule has 0 aliphatic carbocycles. The molecule has 5 rings (SSSR count). The molecule has 3 aromatic carbocycles. The van der Waals surface area contributed by atoms with Gasteiger partial charge in [0.25, 0.3) is 11.7 Å². The maximum atomic E-state index is 13.3. The molecule has 10 nitrogen and oxygen atoms in total. The predicted octanol–water partition coefficient (Wildman–Crippen LogP) is 5.65. The molecule has 0 bridgehead atoms. The average Bonchev–Trinajstić information content (AvgIpc) is 3.43. The number of H-pyrrole nitrogens is 1. The molecule has 0 atom stereocenters. The first-order chi connectivity index (χ1) is 19.9. The van der Waals surface area contributed by atoms with Gasteiger partial charge in [-0.05, 0) is 36.6 Å². The van der Waals surface area contributed by atoms with Crippen molar-refractivity contribution in [2.75, 3.05) is 23.7 Å². The molecule has 41 heavy (non-hydrogen) atoms. The molecule has 1 saturated heterocycles. The molecule has 0 radical (unpaired) electrons. The van der Waals surface area contributed by atoms with E-state index < -0.39 is 23.7 Å². The van der Waals surface area contributed by atoms with E-state index in [1.54, 1.807) is 30.3 Å². The number of ketones is 1. The maximum Gasteiger partial charge on any atom is 0.337 e. The van der Waals surface area contributed by atoms with Gasteiger partial charge in [0.05, 0.1) is 34.6 Å². The number of carboxylic acid groups (broad SMARTS) is 1. The topological polar surface area (TPSA) is 136 Å². The zero-order valence-corrected chi connectivity index (χ0v) is 21.8. The standard InChI is InChI=1S/C31H25N5O5/c1-32-26(19-8-3-2-4-9-19)20-14-16-36(17-15-20)29(38)28(37)23-18-33-27-21(23)11-7-13-25(27)35-31(41)34-24-12-6-5-10-22(24)30(39)40/h2-13,18,33H,14-17H2,(H,39,40)(H2,34,35,41). The molecular formula is C31H25N5O5. The SMILES string of the molecule is [C-]#[N+]C(=C1CCN(C(=O)C(=O)c2c[nH]c3c(NC(=O)Nc4ccccc4C(=O)O)cccc23)CC1)c1ccccc1. The highest BCUT2D eigenvalue weighted by Gasteiger charge is 2.29. The van der Waals surface area contributed by atoms with Crippen molar-refractivity contribution in [3.05, 3.63) is 113 Å². The molecule has 10 heteroatoms. The quantitative estimate of drug-likeness (QED) is 0.141. The Hall–Kier alpha value is -5.69. The number of aromatic nitrogens is 1. The van der Waals surface area contributed by atoms with E-state index in [0.717, 1.165) is 11.1 Å². The summed E-state index contributed by atoms with van der Waals surface area (Å²) in [4.78, 5) is 58.7. The summed E-state index contributed by atoms with van der Waals surface area (Å²) in [5.41, 5.74) is 3.45. The number of amides is 3. The number of urea groups is 1. The van der Waals surface area contributed by atoms with E-state index in [1.165, 1.54) is 23.2 Å². The van der Waals surface area contributed by atoms with E-state index >= 15 is 0 Å². The van der Waals surface area contributed by atoms with Crippen LogP contribution in [0.4, 0.5) is 16.2 Å². The van der Waals surface area contributed by atoms with Crippen LogP contribution in [0.3, 0.4) is 0 Å². The number of aromatic carboxylic acids is 1. The molecule has 3 amide bonds. The first-order valence-corrected chi connectivity index (χ1v) is 12.9. The highest BCUT2D eigenvalue weighted by molar-refractivity contribution is 6.45. The number of likely N-dealkylation sites (tertiary alicyclic amines) is 1. The van der Waals surface area contributed by atoms with Crippen LogP contribution in [0.25, 0.3) is 21.4 Å². The van der Waals surface area contributed by atoms with E-state index in [-0.39, 0.29) is 16.8 Å². The second kappa shape index (κ2) is 11.6. The van der Waals surface area contributed by atoms with Crippen LogP contribution in [0.1, 0.15) is 39.1 Å². The zero-order valence-electron chi connectivity index (χ0n) is 21.8. The minimum atomic E-state index is -1.18. The Morgan fingerprint density at radius 3 is 2.20 bits per heavy atom. The lowest BCUT2D eigenvalue weighted by Crippen LogP contribution is -2.40. The summed E-state index contributed by atoms with van der Waals surface area (Å²) < 4.78 is 0. The minimum absolute atomic E-state index is 0.0576. The number of fused-ring (bicyclic) bond motifs is 1. The Morgan fingerprint density at radius 1 is 0.829 bits per heavy atom. The number of aromatic amines is 1. The molecule has 0 saturated carbocycles. The number of carboxylic acids is 1. The van der Waals surface area contributed by atoms with E-state index in [4.69, 9.17) is 6.57 Å². The molecular weight excluding hydrogens is 522 g/mol. The monoisotopic (exact) mass is 547 g/mol. The molecule has 4 N–H and O–H groups in total. The van der Waals surface area contributed by atoms with Crippen molar-refractivity contribution in [2.45, 2.75) is 12.8 Å². The van der Waals surface area contributed by atoms with Gasteiger partial charge in [0.15, 0.2) is 5.70 Å². The number of rotatable bonds is 6. The Kier molecular flexibility index (Phi) is 7.60. The van der Waals surface area contributed by atoms with Crippen molar-refractivity contribution in [1.82, 2.24) is 9.88 Å². The lowest BCUT2D eigenvalue weighted by Gasteiger charge is -2.28. The molecule has 1 aliphatic rings. The van der Waals surface area contributed by atoms with Gasteiger partial charge in [0, 0.05) is 24.7 Å². The number of carbonyl (C=O) groups excluding carboxylic acids is 3. The van der Waals surface area contributed by atoms with E-state index in [0.29, 0.717) is 48.2 Å². The van der Waals surface area contributed by atoms with Crippen molar-refractivity contribution in [3.63, 3.8) is 0 Å². The number of hydrogen-bond donors (Lipinski definition) is 4. The third kappa shape index (κ3) is 5.55. The van der Waals surface area contributed by atoms with Crippen molar-refractivity contribution < 1.29 is 24.3 Å². The number of benzene rings is 3. The highest BCUT2D eigenvalue weighted by Crippen LogP contribution is 2.30. The number of nitrogens with zero attached hydrogens (tertiary/aromatic N) is 2. The summed E-state index contributed by atoms with van der Waals surface area (Å²) in [5, 5.41) is 15.0. The summed E-state index contributed by atoms with van der Waals surface area (Å²) in [6.07, 6.45) is 2.46. The molecule has 1 aromatic heterocycles. The van der Waals surface area contributed by atoms with Gasteiger partial charge in [-0.1, -0.05) is 60.2 Å². The molecule has 1 fully saturated rings. The third-order valence-corrected chi connectivity index (χ3v) is 6.96. The van der Waals surface area contributed by atoms with E-state index in [1.807, 2.05) is 30.3 Å². The Balaban J connectivity index is 1.29. The number of hydrogen-bond acceptors (Lipinski definition) is 4. The fourth-order valence-corrected chi connectivity index (χ4v) is 4.92. The number of nitrogens with one attached hydrogen (secondary N) is 3. The number of piperidine rings is 1. The Labute approximate surface area is 235 Å². The van der Waals surface area contributed by atoms with Crippen LogP contribution in [-0.2, 0) is 4.79 Å².